The zero-order chi connectivity index (χ0) is 11.4. The fraction of sp³-hybridized carbons (Fsp3) is 1.00. The van der Waals surface area contributed by atoms with E-state index in [1.165, 1.54) is 25.9 Å². The highest BCUT2D eigenvalue weighted by molar-refractivity contribution is 6.17. The molecule has 0 bridgehead atoms. The molecule has 2 aliphatic rings. The molecule has 0 N–H and O–H groups in total. The SMILES string of the molecule is CN1CCOC(CN2CCC(CCCl)C2)C1. The molecule has 0 aliphatic carbocycles. The second kappa shape index (κ2) is 6.20. The summed E-state index contributed by atoms with van der Waals surface area (Å²) in [6.45, 7) is 6.59. The molecule has 2 unspecified atom stereocenters. The minimum atomic E-state index is 0.411. The van der Waals surface area contributed by atoms with Crippen molar-refractivity contribution in [2.24, 2.45) is 5.92 Å². The molecule has 2 rings (SSSR count). The Morgan fingerprint density at radius 2 is 2.19 bits per heavy atom. The van der Waals surface area contributed by atoms with E-state index in [0.717, 1.165) is 38.0 Å². The Balaban J connectivity index is 1.70. The second-order valence-corrected chi connectivity index (χ2v) is 5.52. The summed E-state index contributed by atoms with van der Waals surface area (Å²) in [5.74, 6) is 1.63. The predicted octanol–water partition coefficient (Wildman–Crippen LogP) is 1.27. The molecular formula is C12H23ClN2O. The molecule has 0 aromatic heterocycles. The summed E-state index contributed by atoms with van der Waals surface area (Å²) >= 11 is 5.79. The quantitative estimate of drug-likeness (QED) is 0.695. The van der Waals surface area contributed by atoms with E-state index in [1.807, 2.05) is 0 Å². The fourth-order valence-corrected chi connectivity index (χ4v) is 3.04. The Hall–Kier alpha value is 0.170. The van der Waals surface area contributed by atoms with Crippen molar-refractivity contribution in [1.82, 2.24) is 9.80 Å². The van der Waals surface area contributed by atoms with Crippen molar-refractivity contribution in [3.8, 4) is 0 Å². The zero-order valence-electron chi connectivity index (χ0n) is 10.2. The van der Waals surface area contributed by atoms with Gasteiger partial charge in [-0.15, -0.1) is 11.6 Å². The summed E-state index contributed by atoms with van der Waals surface area (Å²) in [5, 5.41) is 0. The molecule has 0 radical (unpaired) electrons. The van der Waals surface area contributed by atoms with Crippen LogP contribution in [0.1, 0.15) is 12.8 Å². The molecule has 2 heterocycles. The lowest BCUT2D eigenvalue weighted by molar-refractivity contribution is -0.0331. The lowest BCUT2D eigenvalue weighted by Gasteiger charge is -2.32. The van der Waals surface area contributed by atoms with E-state index >= 15 is 0 Å². The van der Waals surface area contributed by atoms with Gasteiger partial charge in [0.1, 0.15) is 0 Å². The Morgan fingerprint density at radius 3 is 2.94 bits per heavy atom. The fourth-order valence-electron chi connectivity index (χ4n) is 2.73. The summed E-state index contributed by atoms with van der Waals surface area (Å²) in [4.78, 5) is 4.90. The van der Waals surface area contributed by atoms with Crippen molar-refractivity contribution in [1.29, 1.82) is 0 Å². The maximum atomic E-state index is 5.80. The number of ether oxygens (including phenoxy) is 1. The highest BCUT2D eigenvalue weighted by atomic mass is 35.5. The minimum Gasteiger partial charge on any atom is -0.374 e. The Labute approximate surface area is 104 Å². The Kier molecular flexibility index (Phi) is 4.89. The lowest BCUT2D eigenvalue weighted by atomic mass is 10.1. The van der Waals surface area contributed by atoms with Crippen molar-refractivity contribution in [2.75, 3.05) is 52.3 Å². The van der Waals surface area contributed by atoms with Gasteiger partial charge in [-0.3, -0.25) is 0 Å². The molecule has 4 heteroatoms. The normalized spacial score (nSPS) is 33.4. The zero-order valence-corrected chi connectivity index (χ0v) is 11.0. The average molecular weight is 247 g/mol. The van der Waals surface area contributed by atoms with Crippen molar-refractivity contribution in [3.05, 3.63) is 0 Å². The van der Waals surface area contributed by atoms with E-state index in [9.17, 15) is 0 Å². The largest absolute Gasteiger partial charge is 0.374 e. The maximum Gasteiger partial charge on any atom is 0.0829 e. The van der Waals surface area contributed by atoms with Gasteiger partial charge in [-0.25, -0.2) is 0 Å². The third-order valence-electron chi connectivity index (χ3n) is 3.69. The molecule has 0 amide bonds. The molecule has 0 aromatic carbocycles. The van der Waals surface area contributed by atoms with Crippen molar-refractivity contribution < 1.29 is 4.74 Å². The van der Waals surface area contributed by atoms with Gasteiger partial charge in [-0.05, 0) is 32.4 Å². The van der Waals surface area contributed by atoms with Crippen LogP contribution in [0.3, 0.4) is 0 Å². The smallest absolute Gasteiger partial charge is 0.0829 e. The van der Waals surface area contributed by atoms with Crippen LogP contribution in [0.25, 0.3) is 0 Å². The first-order valence-corrected chi connectivity index (χ1v) is 6.90. The van der Waals surface area contributed by atoms with Crippen LogP contribution in [0.15, 0.2) is 0 Å². The number of hydrogen-bond donors (Lipinski definition) is 0. The second-order valence-electron chi connectivity index (χ2n) is 5.15. The number of likely N-dealkylation sites (N-methyl/N-ethyl adjacent to an activating group) is 1. The number of alkyl halides is 1. The van der Waals surface area contributed by atoms with E-state index in [2.05, 4.69) is 16.8 Å². The van der Waals surface area contributed by atoms with Gasteiger partial charge in [0.05, 0.1) is 12.7 Å². The molecule has 0 aromatic rings. The van der Waals surface area contributed by atoms with E-state index in [-0.39, 0.29) is 0 Å². The van der Waals surface area contributed by atoms with Gasteiger partial charge in [0.2, 0.25) is 0 Å². The standard InChI is InChI=1S/C12H23ClN2O/c1-14-6-7-16-12(9-14)10-15-5-3-11(8-15)2-4-13/h11-12H,2-10H2,1H3. The van der Waals surface area contributed by atoms with Gasteiger partial charge < -0.3 is 14.5 Å². The molecule has 2 atom stereocenters. The van der Waals surface area contributed by atoms with Gasteiger partial charge >= 0.3 is 0 Å². The van der Waals surface area contributed by atoms with Crippen LogP contribution in [0.5, 0.6) is 0 Å². The number of nitrogens with zero attached hydrogens (tertiary/aromatic N) is 2. The monoisotopic (exact) mass is 246 g/mol. The molecule has 0 saturated carbocycles. The van der Waals surface area contributed by atoms with Gasteiger partial charge in [0.15, 0.2) is 0 Å². The van der Waals surface area contributed by atoms with Gasteiger partial charge in [0.25, 0.3) is 0 Å². The third-order valence-corrected chi connectivity index (χ3v) is 3.91. The third kappa shape index (κ3) is 3.59. The summed E-state index contributed by atoms with van der Waals surface area (Å²) in [7, 11) is 2.18. The van der Waals surface area contributed by atoms with E-state index < -0.39 is 0 Å². The number of morpholine rings is 1. The summed E-state index contributed by atoms with van der Waals surface area (Å²) in [6, 6.07) is 0. The molecule has 3 nitrogen and oxygen atoms in total. The van der Waals surface area contributed by atoms with Crippen LogP contribution < -0.4 is 0 Å². The highest BCUT2D eigenvalue weighted by Gasteiger charge is 2.26. The van der Waals surface area contributed by atoms with Crippen molar-refractivity contribution >= 4 is 11.6 Å². The first kappa shape index (κ1) is 12.6. The predicted molar refractivity (Wildman–Crippen MR) is 67.1 cm³/mol. The Bertz CT molecular complexity index is 215. The summed E-state index contributed by atoms with van der Waals surface area (Å²) in [5.41, 5.74) is 0. The first-order chi connectivity index (χ1) is 7.78. The van der Waals surface area contributed by atoms with E-state index in [1.54, 1.807) is 0 Å². The number of likely N-dealkylation sites (tertiary alicyclic amines) is 1. The maximum absolute atomic E-state index is 5.80. The number of halogens is 1. The van der Waals surface area contributed by atoms with Gasteiger partial charge in [0, 0.05) is 32.1 Å². The van der Waals surface area contributed by atoms with Crippen LogP contribution in [-0.2, 0) is 4.74 Å². The lowest BCUT2D eigenvalue weighted by Crippen LogP contribution is -2.45. The van der Waals surface area contributed by atoms with Crippen LogP contribution in [-0.4, -0.2) is 68.2 Å². The molecular weight excluding hydrogens is 224 g/mol. The molecule has 94 valence electrons. The highest BCUT2D eigenvalue weighted by Crippen LogP contribution is 2.20. The van der Waals surface area contributed by atoms with Crippen molar-refractivity contribution in [3.63, 3.8) is 0 Å². The molecule has 16 heavy (non-hydrogen) atoms. The number of rotatable bonds is 4. The van der Waals surface area contributed by atoms with Gasteiger partial charge in [-0.1, -0.05) is 0 Å². The van der Waals surface area contributed by atoms with Crippen LogP contribution >= 0.6 is 11.6 Å². The van der Waals surface area contributed by atoms with E-state index in [0.29, 0.717) is 6.10 Å². The van der Waals surface area contributed by atoms with Gasteiger partial charge in [-0.2, -0.15) is 0 Å². The van der Waals surface area contributed by atoms with E-state index in [4.69, 9.17) is 16.3 Å². The number of hydrogen-bond acceptors (Lipinski definition) is 3. The topological polar surface area (TPSA) is 15.7 Å². The minimum absolute atomic E-state index is 0.411. The average Bonchev–Trinajstić information content (AvgIpc) is 2.66. The van der Waals surface area contributed by atoms with Crippen LogP contribution in [0.4, 0.5) is 0 Å². The molecule has 2 fully saturated rings. The summed E-state index contributed by atoms with van der Waals surface area (Å²) < 4.78 is 5.80. The molecule has 2 aliphatic heterocycles. The Morgan fingerprint density at radius 1 is 1.31 bits per heavy atom. The van der Waals surface area contributed by atoms with Crippen LogP contribution in [0, 0.1) is 5.92 Å². The molecule has 2 saturated heterocycles. The van der Waals surface area contributed by atoms with Crippen LogP contribution in [0.2, 0.25) is 0 Å². The van der Waals surface area contributed by atoms with Crippen molar-refractivity contribution in [2.45, 2.75) is 18.9 Å². The summed E-state index contributed by atoms with van der Waals surface area (Å²) in [6.07, 6.45) is 2.90. The first-order valence-electron chi connectivity index (χ1n) is 6.36. The molecule has 0 spiro atoms.